The van der Waals surface area contributed by atoms with Gasteiger partial charge in [0.1, 0.15) is 28.7 Å². The maximum atomic E-state index is 14.4. The molecule has 2 aromatic carbocycles. The number of morpholine rings is 1. The first kappa shape index (κ1) is 31.4. The summed E-state index contributed by atoms with van der Waals surface area (Å²) in [5.74, 6) is 0.622. The molecule has 6 rings (SSSR count). The van der Waals surface area contributed by atoms with Gasteiger partial charge in [-0.2, -0.15) is 0 Å². The number of halogens is 1. The highest BCUT2D eigenvalue weighted by molar-refractivity contribution is 5.96. The van der Waals surface area contributed by atoms with Crippen molar-refractivity contribution in [3.63, 3.8) is 0 Å². The van der Waals surface area contributed by atoms with E-state index in [-0.39, 0.29) is 23.2 Å². The summed E-state index contributed by atoms with van der Waals surface area (Å²) in [4.78, 5) is 26.8. The van der Waals surface area contributed by atoms with E-state index in [2.05, 4.69) is 32.1 Å². The molecule has 2 aliphatic rings. The van der Waals surface area contributed by atoms with E-state index < -0.39 is 11.7 Å². The van der Waals surface area contributed by atoms with Crippen molar-refractivity contribution < 1.29 is 23.8 Å². The molecule has 1 aliphatic heterocycles. The van der Waals surface area contributed by atoms with Crippen molar-refractivity contribution in [2.45, 2.75) is 51.2 Å². The molecule has 3 heterocycles. The molecule has 1 saturated heterocycles. The molecule has 2 fully saturated rings. The third kappa shape index (κ3) is 7.63. The Kier molecular flexibility index (Phi) is 9.75. The van der Waals surface area contributed by atoms with Crippen LogP contribution in [0.3, 0.4) is 0 Å². The lowest BCUT2D eigenvalue weighted by Gasteiger charge is -2.35. The van der Waals surface area contributed by atoms with Gasteiger partial charge in [0.05, 0.1) is 19.4 Å². The molecule has 10 heteroatoms. The fourth-order valence-corrected chi connectivity index (χ4v) is 6.28. The summed E-state index contributed by atoms with van der Waals surface area (Å²) < 4.78 is 26.0. The number of hydrogen-bond donors (Lipinski definition) is 2. The predicted molar refractivity (Wildman–Crippen MR) is 175 cm³/mol. The maximum absolute atomic E-state index is 14.4. The number of phenolic OH excluding ortho intramolecular Hbond substituents is 1. The first-order chi connectivity index (χ1) is 22.3. The van der Waals surface area contributed by atoms with Gasteiger partial charge in [-0.3, -0.25) is 9.69 Å². The summed E-state index contributed by atoms with van der Waals surface area (Å²) in [6, 6.07) is 20.3. The van der Waals surface area contributed by atoms with Crippen molar-refractivity contribution >= 4 is 11.7 Å². The van der Waals surface area contributed by atoms with Gasteiger partial charge in [-0.25, -0.2) is 14.4 Å². The number of aromatic nitrogens is 2. The summed E-state index contributed by atoms with van der Waals surface area (Å²) in [6.45, 7) is 5.66. The molecule has 1 amide bonds. The summed E-state index contributed by atoms with van der Waals surface area (Å²) >= 11 is 0. The second-order valence-corrected chi connectivity index (χ2v) is 12.1. The fraction of sp³-hybridized carbons (Fsp3) is 0.361. The van der Waals surface area contributed by atoms with Gasteiger partial charge in [-0.05, 0) is 91.8 Å². The highest BCUT2D eigenvalue weighted by atomic mass is 19.1. The van der Waals surface area contributed by atoms with Crippen LogP contribution in [0.4, 0.5) is 10.2 Å². The Balaban J connectivity index is 1.14. The molecule has 0 bridgehead atoms. The maximum Gasteiger partial charge on any atom is 0.257 e. The van der Waals surface area contributed by atoms with Crippen LogP contribution in [-0.4, -0.2) is 71.3 Å². The number of anilines is 1. The Bertz CT molecular complexity index is 1670. The van der Waals surface area contributed by atoms with Gasteiger partial charge in [0.25, 0.3) is 5.91 Å². The van der Waals surface area contributed by atoms with Gasteiger partial charge in [-0.1, -0.05) is 24.3 Å². The first-order valence-corrected chi connectivity index (χ1v) is 15.9. The van der Waals surface area contributed by atoms with Crippen molar-refractivity contribution in [1.29, 1.82) is 0 Å². The van der Waals surface area contributed by atoms with E-state index in [9.17, 15) is 14.3 Å². The topological polar surface area (TPSA) is 100 Å². The van der Waals surface area contributed by atoms with Crippen molar-refractivity contribution in [3.8, 4) is 28.5 Å². The number of rotatable bonds is 9. The van der Waals surface area contributed by atoms with Gasteiger partial charge in [0.15, 0.2) is 0 Å². The molecule has 1 saturated carbocycles. The van der Waals surface area contributed by atoms with Gasteiger partial charge in [-0.15, -0.1) is 0 Å². The van der Waals surface area contributed by atoms with Gasteiger partial charge in [0, 0.05) is 44.5 Å². The number of hydrogen-bond acceptors (Lipinski definition) is 8. The van der Waals surface area contributed by atoms with Crippen LogP contribution < -0.4 is 15.0 Å². The van der Waals surface area contributed by atoms with E-state index in [1.165, 1.54) is 6.07 Å². The summed E-state index contributed by atoms with van der Waals surface area (Å²) in [5, 5.41) is 13.3. The van der Waals surface area contributed by atoms with E-state index in [0.717, 1.165) is 73.2 Å². The lowest BCUT2D eigenvalue weighted by molar-refractivity contribution is 0.0342. The van der Waals surface area contributed by atoms with E-state index in [1.54, 1.807) is 18.2 Å². The molecule has 1 aliphatic carbocycles. The molecule has 9 nitrogen and oxygen atoms in total. The monoisotopic (exact) mass is 625 g/mol. The van der Waals surface area contributed by atoms with E-state index >= 15 is 0 Å². The van der Waals surface area contributed by atoms with E-state index in [0.29, 0.717) is 31.5 Å². The van der Waals surface area contributed by atoms with Crippen LogP contribution in [-0.2, 0) is 11.3 Å². The molecule has 0 spiro atoms. The zero-order valence-corrected chi connectivity index (χ0v) is 26.3. The Morgan fingerprint density at radius 2 is 1.85 bits per heavy atom. The predicted octanol–water partition coefficient (Wildman–Crippen LogP) is 6.10. The van der Waals surface area contributed by atoms with E-state index in [4.69, 9.17) is 9.47 Å². The summed E-state index contributed by atoms with van der Waals surface area (Å²) in [5.41, 5.74) is 3.85. The number of benzene rings is 2. The highest BCUT2D eigenvalue weighted by Crippen LogP contribution is 2.33. The minimum atomic E-state index is -0.612. The van der Waals surface area contributed by atoms with Crippen molar-refractivity contribution in [3.05, 3.63) is 95.6 Å². The molecule has 0 atom stereocenters. The Labute approximate surface area is 269 Å². The van der Waals surface area contributed by atoms with Gasteiger partial charge in [0.2, 0.25) is 5.88 Å². The highest BCUT2D eigenvalue weighted by Gasteiger charge is 2.27. The molecule has 2 N–H and O–H groups in total. The van der Waals surface area contributed by atoms with Crippen LogP contribution in [0.25, 0.3) is 11.1 Å². The third-order valence-corrected chi connectivity index (χ3v) is 8.82. The Morgan fingerprint density at radius 1 is 1.07 bits per heavy atom. The summed E-state index contributed by atoms with van der Waals surface area (Å²) in [6.07, 6.45) is 4.45. The van der Waals surface area contributed by atoms with Crippen molar-refractivity contribution in [1.82, 2.24) is 20.2 Å². The number of aryl methyl sites for hydroxylation is 1. The lowest BCUT2D eigenvalue weighted by Crippen LogP contribution is -2.43. The van der Waals surface area contributed by atoms with Crippen LogP contribution in [0, 0.1) is 12.7 Å². The number of nitrogens with zero attached hydrogens (tertiary/aromatic N) is 4. The van der Waals surface area contributed by atoms with Gasteiger partial charge < -0.3 is 24.8 Å². The molecule has 46 heavy (non-hydrogen) atoms. The third-order valence-electron chi connectivity index (χ3n) is 8.82. The van der Waals surface area contributed by atoms with Crippen LogP contribution in [0.2, 0.25) is 0 Å². The molecular formula is C36H40FN5O4. The number of carbonyl (C=O) groups excluding carboxylic acids is 1. The lowest BCUT2D eigenvalue weighted by atomic mass is 9.90. The number of nitrogens with one attached hydrogen (secondary N) is 1. The van der Waals surface area contributed by atoms with Gasteiger partial charge >= 0.3 is 0 Å². The normalized spacial score (nSPS) is 18.6. The largest absolute Gasteiger partial charge is 0.508 e. The van der Waals surface area contributed by atoms with Crippen molar-refractivity contribution in [2.24, 2.45) is 0 Å². The van der Waals surface area contributed by atoms with Crippen LogP contribution in [0.15, 0.2) is 72.9 Å². The quantitative estimate of drug-likeness (QED) is 0.230. The minimum absolute atomic E-state index is 0.0363. The minimum Gasteiger partial charge on any atom is -0.508 e. The number of ether oxygens (including phenoxy) is 2. The number of amides is 1. The molecule has 240 valence electrons. The number of carbonyl (C=O) groups is 1. The average molecular weight is 626 g/mol. The fourth-order valence-electron chi connectivity index (χ4n) is 6.28. The smallest absolute Gasteiger partial charge is 0.257 e. The second-order valence-electron chi connectivity index (χ2n) is 12.1. The number of phenols is 1. The van der Waals surface area contributed by atoms with Crippen LogP contribution in [0.1, 0.15) is 47.3 Å². The standard InChI is InChI=1S/C36H40FN5O4/c1-24-5-3-8-34(39-24)41(2)29-11-9-28(10-12-29)40-35(44)33-21-27(37)22-38-36(33)46-31-7-4-6-25(20-31)32-14-13-30(43)19-26(32)23-42-15-17-45-18-16-42/h3-8,13-14,19-22,28-29,43H,9-12,15-18,23H2,1-2H3,(H,40,44). The Hall–Kier alpha value is -4.54. The van der Waals surface area contributed by atoms with Crippen LogP contribution in [0.5, 0.6) is 17.4 Å². The average Bonchev–Trinajstić information content (AvgIpc) is 3.06. The zero-order valence-electron chi connectivity index (χ0n) is 26.3. The molecule has 2 aromatic heterocycles. The van der Waals surface area contributed by atoms with Crippen LogP contribution >= 0.6 is 0 Å². The number of aromatic hydroxyl groups is 1. The van der Waals surface area contributed by atoms with Crippen molar-refractivity contribution in [2.75, 3.05) is 38.3 Å². The first-order valence-electron chi connectivity index (χ1n) is 15.9. The molecule has 4 aromatic rings. The second kappa shape index (κ2) is 14.3. The number of pyridine rings is 2. The zero-order chi connectivity index (χ0) is 32.0. The molecule has 0 radical (unpaired) electrons. The molecule has 0 unspecified atom stereocenters. The Morgan fingerprint density at radius 3 is 2.63 bits per heavy atom. The molecular weight excluding hydrogens is 585 g/mol. The SMILES string of the molecule is Cc1cccc(N(C)C2CCC(NC(=O)c3cc(F)cnc3Oc3cccc(-c4ccc(O)cc4CN4CCOCC4)c3)CC2)n1. The summed E-state index contributed by atoms with van der Waals surface area (Å²) in [7, 11) is 2.06. The van der Waals surface area contributed by atoms with E-state index in [1.807, 2.05) is 49.4 Å².